The molecule has 0 aromatic heterocycles. The van der Waals surface area contributed by atoms with Gasteiger partial charge in [0.05, 0.1) is 6.04 Å². The van der Waals surface area contributed by atoms with E-state index >= 15 is 0 Å². The van der Waals surface area contributed by atoms with Crippen molar-refractivity contribution in [3.63, 3.8) is 0 Å². The molecule has 34 heavy (non-hydrogen) atoms. The maximum absolute atomic E-state index is 2.64. The van der Waals surface area contributed by atoms with Crippen LogP contribution in [0.15, 0.2) is 121 Å². The smallest absolute Gasteiger partial charge is 0.0602 e. The average Bonchev–Trinajstić information content (AvgIpc) is 2.92. The minimum absolute atomic E-state index is 0.285. The first kappa shape index (κ1) is 22.3. The van der Waals surface area contributed by atoms with Gasteiger partial charge >= 0.3 is 0 Å². The molecule has 1 fully saturated rings. The summed E-state index contributed by atoms with van der Waals surface area (Å²) in [4.78, 5) is 5.20. The van der Waals surface area contributed by atoms with Gasteiger partial charge in [0, 0.05) is 32.7 Å². The van der Waals surface area contributed by atoms with Crippen molar-refractivity contribution >= 4 is 6.08 Å². The lowest BCUT2D eigenvalue weighted by Crippen LogP contribution is -2.47. The molecule has 170 valence electrons. The maximum atomic E-state index is 2.64. The lowest BCUT2D eigenvalue weighted by Gasteiger charge is -2.39. The summed E-state index contributed by atoms with van der Waals surface area (Å²) >= 11 is 0. The molecule has 2 heteroatoms. The summed E-state index contributed by atoms with van der Waals surface area (Å²) in [7, 11) is 0. The van der Waals surface area contributed by atoms with Crippen molar-refractivity contribution in [1.29, 1.82) is 0 Å². The number of hydrogen-bond donors (Lipinski definition) is 0. The van der Waals surface area contributed by atoms with Crippen LogP contribution in [0.1, 0.15) is 22.7 Å². The Bertz CT molecular complexity index is 1160. The number of rotatable bonds is 7. The van der Waals surface area contributed by atoms with E-state index in [0.717, 1.165) is 32.7 Å². The molecule has 0 bridgehead atoms. The zero-order valence-electron chi connectivity index (χ0n) is 19.6. The summed E-state index contributed by atoms with van der Waals surface area (Å²) in [6.07, 6.45) is 4.52. The number of piperazine rings is 1. The Balaban J connectivity index is 1.28. The minimum atomic E-state index is 0.285. The van der Waals surface area contributed by atoms with E-state index in [9.17, 15) is 0 Å². The molecule has 0 spiro atoms. The Morgan fingerprint density at radius 2 is 1.09 bits per heavy atom. The van der Waals surface area contributed by atoms with Gasteiger partial charge in [0.2, 0.25) is 0 Å². The Hall–Kier alpha value is -3.46. The highest BCUT2D eigenvalue weighted by Crippen LogP contribution is 2.31. The van der Waals surface area contributed by atoms with E-state index in [1.54, 1.807) is 0 Å². The van der Waals surface area contributed by atoms with Gasteiger partial charge in [0.25, 0.3) is 0 Å². The van der Waals surface area contributed by atoms with Gasteiger partial charge in [-0.25, -0.2) is 0 Å². The van der Waals surface area contributed by atoms with Crippen LogP contribution in [-0.4, -0.2) is 42.5 Å². The van der Waals surface area contributed by atoms with Crippen LogP contribution in [0.5, 0.6) is 0 Å². The number of benzene rings is 4. The van der Waals surface area contributed by atoms with Crippen molar-refractivity contribution < 1.29 is 0 Å². The highest BCUT2D eigenvalue weighted by molar-refractivity contribution is 5.63. The molecule has 1 unspecified atom stereocenters. The van der Waals surface area contributed by atoms with Gasteiger partial charge in [-0.15, -0.1) is 0 Å². The molecule has 5 rings (SSSR count). The molecule has 1 aliphatic heterocycles. The SMILES string of the molecule is C(=Cc1ccccc1)CN1CCN(C(c2ccccc2)c2ccc(-c3ccccc3)cc2)CC1. The molecule has 0 saturated carbocycles. The zero-order chi connectivity index (χ0) is 23.0. The Labute approximate surface area is 203 Å². The summed E-state index contributed by atoms with van der Waals surface area (Å²) < 4.78 is 0. The van der Waals surface area contributed by atoms with Crippen molar-refractivity contribution in [3.05, 3.63) is 138 Å². The third-order valence-corrected chi connectivity index (χ3v) is 6.69. The molecule has 1 saturated heterocycles. The molecule has 2 nitrogen and oxygen atoms in total. The van der Waals surface area contributed by atoms with Crippen LogP contribution in [-0.2, 0) is 0 Å². The van der Waals surface area contributed by atoms with E-state index in [1.807, 2.05) is 0 Å². The third kappa shape index (κ3) is 5.53. The van der Waals surface area contributed by atoms with Crippen molar-refractivity contribution in [1.82, 2.24) is 9.80 Å². The third-order valence-electron chi connectivity index (χ3n) is 6.69. The molecule has 1 atom stereocenters. The van der Waals surface area contributed by atoms with Crippen LogP contribution < -0.4 is 0 Å². The first-order chi connectivity index (χ1) is 16.9. The largest absolute Gasteiger partial charge is 0.297 e. The Morgan fingerprint density at radius 3 is 1.74 bits per heavy atom. The van der Waals surface area contributed by atoms with Crippen molar-refractivity contribution in [2.75, 3.05) is 32.7 Å². The van der Waals surface area contributed by atoms with Crippen LogP contribution in [0.4, 0.5) is 0 Å². The molecule has 1 aliphatic rings. The standard InChI is InChI=1S/C32H32N2/c1-4-11-27(12-5-1)13-10-22-33-23-25-34(26-24-33)32(30-16-8-3-9-17-30)31-20-18-29(19-21-31)28-14-6-2-7-15-28/h1-21,32H,22-26H2. The highest BCUT2D eigenvalue weighted by Gasteiger charge is 2.26. The normalized spacial score (nSPS) is 16.0. The van der Waals surface area contributed by atoms with E-state index in [4.69, 9.17) is 0 Å². The van der Waals surface area contributed by atoms with E-state index in [2.05, 4.69) is 137 Å². The van der Waals surface area contributed by atoms with Crippen molar-refractivity contribution in [3.8, 4) is 11.1 Å². The first-order valence-electron chi connectivity index (χ1n) is 12.3. The summed E-state index contributed by atoms with van der Waals surface area (Å²) in [6.45, 7) is 5.32. The molecule has 0 radical (unpaired) electrons. The Kier molecular flexibility index (Phi) is 7.30. The summed E-state index contributed by atoms with van der Waals surface area (Å²) in [5.41, 5.74) is 6.54. The van der Waals surface area contributed by atoms with Crippen LogP contribution in [0.25, 0.3) is 17.2 Å². The summed E-state index contributed by atoms with van der Waals surface area (Å²) in [5, 5.41) is 0. The lowest BCUT2D eigenvalue weighted by molar-refractivity contribution is 0.118. The topological polar surface area (TPSA) is 6.48 Å². The van der Waals surface area contributed by atoms with Gasteiger partial charge in [-0.3, -0.25) is 9.80 Å². The first-order valence-corrected chi connectivity index (χ1v) is 12.3. The maximum Gasteiger partial charge on any atom is 0.0602 e. The second-order valence-corrected chi connectivity index (χ2v) is 8.95. The average molecular weight is 445 g/mol. The van der Waals surface area contributed by atoms with Crippen LogP contribution in [0.3, 0.4) is 0 Å². The van der Waals surface area contributed by atoms with E-state index < -0.39 is 0 Å². The zero-order valence-corrected chi connectivity index (χ0v) is 19.6. The van der Waals surface area contributed by atoms with Gasteiger partial charge < -0.3 is 0 Å². The molecule has 4 aromatic rings. The second kappa shape index (κ2) is 11.1. The van der Waals surface area contributed by atoms with E-state index in [-0.39, 0.29) is 6.04 Å². The van der Waals surface area contributed by atoms with Crippen LogP contribution >= 0.6 is 0 Å². The molecular formula is C32H32N2. The molecular weight excluding hydrogens is 412 g/mol. The van der Waals surface area contributed by atoms with Crippen molar-refractivity contribution in [2.45, 2.75) is 6.04 Å². The highest BCUT2D eigenvalue weighted by atomic mass is 15.3. The lowest BCUT2D eigenvalue weighted by atomic mass is 9.94. The van der Waals surface area contributed by atoms with Crippen LogP contribution in [0.2, 0.25) is 0 Å². The van der Waals surface area contributed by atoms with Crippen molar-refractivity contribution in [2.24, 2.45) is 0 Å². The van der Waals surface area contributed by atoms with Crippen LogP contribution in [0, 0.1) is 0 Å². The second-order valence-electron chi connectivity index (χ2n) is 8.95. The van der Waals surface area contributed by atoms with Gasteiger partial charge in [0.15, 0.2) is 0 Å². The van der Waals surface area contributed by atoms with Gasteiger partial charge in [-0.2, -0.15) is 0 Å². The summed E-state index contributed by atoms with van der Waals surface area (Å²) in [5.74, 6) is 0. The Morgan fingerprint density at radius 1 is 0.559 bits per heavy atom. The fourth-order valence-electron chi connectivity index (χ4n) is 4.84. The fourth-order valence-corrected chi connectivity index (χ4v) is 4.84. The molecule has 0 aliphatic carbocycles. The van der Waals surface area contributed by atoms with E-state index in [1.165, 1.54) is 27.8 Å². The molecule has 0 N–H and O–H groups in total. The fraction of sp³-hybridized carbons (Fsp3) is 0.188. The summed E-state index contributed by atoms with van der Waals surface area (Å²) in [6, 6.07) is 41.6. The monoisotopic (exact) mass is 444 g/mol. The molecule has 1 heterocycles. The van der Waals surface area contributed by atoms with Gasteiger partial charge in [0.1, 0.15) is 0 Å². The number of hydrogen-bond acceptors (Lipinski definition) is 2. The minimum Gasteiger partial charge on any atom is -0.297 e. The number of nitrogens with zero attached hydrogens (tertiary/aromatic N) is 2. The predicted molar refractivity (Wildman–Crippen MR) is 144 cm³/mol. The molecule has 4 aromatic carbocycles. The molecule has 0 amide bonds. The van der Waals surface area contributed by atoms with Gasteiger partial charge in [-0.1, -0.05) is 127 Å². The van der Waals surface area contributed by atoms with Gasteiger partial charge in [-0.05, 0) is 27.8 Å². The predicted octanol–water partition coefficient (Wildman–Crippen LogP) is 6.77. The quantitative estimate of drug-likeness (QED) is 0.310. The van der Waals surface area contributed by atoms with E-state index in [0.29, 0.717) is 0 Å².